The van der Waals surface area contributed by atoms with Crippen LogP contribution in [0.4, 0.5) is 0 Å². The van der Waals surface area contributed by atoms with Crippen molar-refractivity contribution in [2.75, 3.05) is 46.6 Å². The van der Waals surface area contributed by atoms with Gasteiger partial charge in [0.2, 0.25) is 5.91 Å². The molecule has 0 aliphatic heterocycles. The van der Waals surface area contributed by atoms with Crippen molar-refractivity contribution in [3.05, 3.63) is 30.6 Å². The second-order valence-corrected chi connectivity index (χ2v) is 9.12. The normalized spacial score (nSPS) is 11.5. The Morgan fingerprint density at radius 1 is 1.13 bits per heavy atom. The number of hydrogen-bond donors (Lipinski definition) is 0. The minimum Gasteiger partial charge on any atom is -0.497 e. The molecule has 0 spiro atoms. The Balaban J connectivity index is 2.04. The van der Waals surface area contributed by atoms with E-state index in [4.69, 9.17) is 9.47 Å². The molecule has 10 heteroatoms. The average molecular weight is 450 g/mol. The summed E-state index contributed by atoms with van der Waals surface area (Å²) in [6.45, 7) is 6.39. The van der Waals surface area contributed by atoms with Gasteiger partial charge < -0.3 is 19.3 Å². The lowest BCUT2D eigenvalue weighted by atomic mass is 10.2. The quantitative estimate of drug-likeness (QED) is 0.402. The average Bonchev–Trinajstić information content (AvgIpc) is 3.16. The molecule has 2 rings (SSSR count). The molecule has 0 aliphatic rings. The van der Waals surface area contributed by atoms with Gasteiger partial charge in [-0.1, -0.05) is 11.8 Å². The van der Waals surface area contributed by atoms with E-state index in [9.17, 15) is 9.59 Å². The first-order valence-corrected chi connectivity index (χ1v) is 10.9. The van der Waals surface area contributed by atoms with Gasteiger partial charge in [-0.2, -0.15) is 0 Å². The molecule has 0 N–H and O–H groups in total. The van der Waals surface area contributed by atoms with Gasteiger partial charge in [-0.15, -0.1) is 10.2 Å². The lowest BCUT2D eigenvalue weighted by Crippen LogP contribution is -2.42. The van der Waals surface area contributed by atoms with Crippen LogP contribution >= 0.6 is 11.8 Å². The summed E-state index contributed by atoms with van der Waals surface area (Å²) in [7, 11) is 5.45. The Labute approximate surface area is 187 Å². The number of ether oxygens (including phenoxy) is 2. The Bertz CT molecular complexity index is 861. The largest absolute Gasteiger partial charge is 0.497 e. The van der Waals surface area contributed by atoms with Crippen molar-refractivity contribution < 1.29 is 19.1 Å². The zero-order valence-corrected chi connectivity index (χ0v) is 19.8. The van der Waals surface area contributed by atoms with E-state index in [1.54, 1.807) is 38.8 Å². The lowest BCUT2D eigenvalue weighted by molar-refractivity contribution is -0.158. The number of benzene rings is 1. The fourth-order valence-corrected chi connectivity index (χ4v) is 3.43. The summed E-state index contributed by atoms with van der Waals surface area (Å²) in [4.78, 5) is 28.6. The van der Waals surface area contributed by atoms with Crippen LogP contribution in [0.15, 0.2) is 35.7 Å². The Morgan fingerprint density at radius 3 is 2.39 bits per heavy atom. The number of thioether (sulfide) groups is 1. The second-order valence-electron chi connectivity index (χ2n) is 8.18. The van der Waals surface area contributed by atoms with Gasteiger partial charge in [0.25, 0.3) is 0 Å². The van der Waals surface area contributed by atoms with Crippen molar-refractivity contribution >= 4 is 23.6 Å². The molecule has 0 aliphatic carbocycles. The first-order valence-electron chi connectivity index (χ1n) is 9.90. The Kier molecular flexibility index (Phi) is 8.88. The number of hydrogen-bond acceptors (Lipinski definition) is 8. The van der Waals surface area contributed by atoms with Gasteiger partial charge in [-0.05, 0) is 59.1 Å². The SMILES string of the molecule is COc1ccc(-n2cnnc2SCC(=O)N(CCN(C)C)CC(=O)OC(C)(C)C)cc1. The van der Waals surface area contributed by atoms with Crippen molar-refractivity contribution in [3.8, 4) is 11.4 Å². The summed E-state index contributed by atoms with van der Waals surface area (Å²) in [5.74, 6) is 0.290. The van der Waals surface area contributed by atoms with Crippen LogP contribution in [0.1, 0.15) is 20.8 Å². The van der Waals surface area contributed by atoms with E-state index in [1.807, 2.05) is 43.3 Å². The molecule has 1 heterocycles. The molecular weight excluding hydrogens is 418 g/mol. The van der Waals surface area contributed by atoms with Gasteiger partial charge in [-0.3, -0.25) is 14.2 Å². The maximum atomic E-state index is 12.9. The topological polar surface area (TPSA) is 89.8 Å². The molecule has 31 heavy (non-hydrogen) atoms. The van der Waals surface area contributed by atoms with Crippen molar-refractivity contribution in [3.63, 3.8) is 0 Å². The van der Waals surface area contributed by atoms with Crippen LogP contribution < -0.4 is 4.74 Å². The molecule has 0 saturated heterocycles. The highest BCUT2D eigenvalue weighted by Crippen LogP contribution is 2.22. The third-order valence-corrected chi connectivity index (χ3v) is 5.03. The monoisotopic (exact) mass is 449 g/mol. The number of rotatable bonds is 10. The molecule has 0 bridgehead atoms. The molecule has 0 unspecified atom stereocenters. The van der Waals surface area contributed by atoms with E-state index in [-0.39, 0.29) is 18.2 Å². The van der Waals surface area contributed by atoms with E-state index in [2.05, 4.69) is 10.2 Å². The molecule has 0 radical (unpaired) electrons. The zero-order valence-electron chi connectivity index (χ0n) is 19.0. The van der Waals surface area contributed by atoms with Crippen molar-refractivity contribution in [1.29, 1.82) is 0 Å². The molecule has 0 atom stereocenters. The maximum absolute atomic E-state index is 12.9. The molecule has 1 amide bonds. The number of nitrogens with zero attached hydrogens (tertiary/aromatic N) is 5. The summed E-state index contributed by atoms with van der Waals surface area (Å²) in [6, 6.07) is 7.47. The summed E-state index contributed by atoms with van der Waals surface area (Å²) in [6.07, 6.45) is 1.60. The molecule has 1 aromatic heterocycles. The minimum atomic E-state index is -0.600. The molecule has 1 aromatic carbocycles. The summed E-state index contributed by atoms with van der Waals surface area (Å²) >= 11 is 1.27. The number of amides is 1. The molecular formula is C21H31N5O4S. The third-order valence-electron chi connectivity index (χ3n) is 4.10. The predicted molar refractivity (Wildman–Crippen MR) is 120 cm³/mol. The van der Waals surface area contributed by atoms with E-state index >= 15 is 0 Å². The Morgan fingerprint density at radius 2 is 1.81 bits per heavy atom. The minimum absolute atomic E-state index is 0.0876. The van der Waals surface area contributed by atoms with Crippen LogP contribution in [-0.2, 0) is 14.3 Å². The van der Waals surface area contributed by atoms with E-state index < -0.39 is 11.6 Å². The molecule has 0 fully saturated rings. The van der Waals surface area contributed by atoms with Crippen LogP contribution in [0.25, 0.3) is 5.69 Å². The van der Waals surface area contributed by atoms with Gasteiger partial charge in [-0.25, -0.2) is 0 Å². The van der Waals surface area contributed by atoms with Gasteiger partial charge in [0.15, 0.2) is 5.16 Å². The molecule has 0 saturated carbocycles. The van der Waals surface area contributed by atoms with Gasteiger partial charge in [0.05, 0.1) is 12.9 Å². The van der Waals surface area contributed by atoms with E-state index in [0.29, 0.717) is 18.2 Å². The van der Waals surface area contributed by atoms with E-state index in [1.165, 1.54) is 16.7 Å². The zero-order chi connectivity index (χ0) is 23.0. The van der Waals surface area contributed by atoms with Crippen LogP contribution in [-0.4, -0.2) is 88.6 Å². The van der Waals surface area contributed by atoms with Crippen LogP contribution in [0.2, 0.25) is 0 Å². The highest BCUT2D eigenvalue weighted by atomic mass is 32.2. The van der Waals surface area contributed by atoms with Crippen LogP contribution in [0.3, 0.4) is 0 Å². The summed E-state index contributed by atoms with van der Waals surface area (Å²) in [5.41, 5.74) is 0.260. The number of esters is 1. The number of aromatic nitrogens is 3. The number of carbonyl (C=O) groups is 2. The van der Waals surface area contributed by atoms with Gasteiger partial charge in [0.1, 0.15) is 24.2 Å². The van der Waals surface area contributed by atoms with Crippen LogP contribution in [0, 0.1) is 0 Å². The van der Waals surface area contributed by atoms with Gasteiger partial charge in [0, 0.05) is 18.8 Å². The molecule has 9 nitrogen and oxygen atoms in total. The van der Waals surface area contributed by atoms with E-state index in [0.717, 1.165) is 11.4 Å². The summed E-state index contributed by atoms with van der Waals surface area (Å²) < 4.78 is 12.4. The highest BCUT2D eigenvalue weighted by Gasteiger charge is 2.23. The number of likely N-dealkylation sites (N-methyl/N-ethyl adjacent to an activating group) is 1. The third kappa shape index (κ3) is 8.22. The fourth-order valence-electron chi connectivity index (χ4n) is 2.60. The number of carbonyl (C=O) groups excluding carboxylic acids is 2. The predicted octanol–water partition coefficient (Wildman–Crippen LogP) is 2.10. The van der Waals surface area contributed by atoms with Crippen LogP contribution in [0.5, 0.6) is 5.75 Å². The summed E-state index contributed by atoms with van der Waals surface area (Å²) in [5, 5.41) is 8.68. The highest BCUT2D eigenvalue weighted by molar-refractivity contribution is 7.99. The number of methoxy groups -OCH3 is 1. The standard InChI is InChI=1S/C21H31N5O4S/c1-21(2,3)30-19(28)13-25(12-11-24(4)5)18(27)14-31-20-23-22-15-26(20)16-7-9-17(29-6)10-8-16/h7-10,15H,11-14H2,1-6H3. The second kappa shape index (κ2) is 11.1. The first kappa shape index (κ1) is 24.7. The lowest BCUT2D eigenvalue weighted by Gasteiger charge is -2.26. The first-order chi connectivity index (χ1) is 14.6. The molecule has 2 aromatic rings. The maximum Gasteiger partial charge on any atom is 0.326 e. The van der Waals surface area contributed by atoms with Gasteiger partial charge >= 0.3 is 5.97 Å². The fraction of sp³-hybridized carbons (Fsp3) is 0.524. The molecule has 170 valence electrons. The Hall–Kier alpha value is -2.59. The van der Waals surface area contributed by atoms with Crippen molar-refractivity contribution in [1.82, 2.24) is 24.6 Å². The van der Waals surface area contributed by atoms with Crippen molar-refractivity contribution in [2.24, 2.45) is 0 Å². The van der Waals surface area contributed by atoms with Crippen molar-refractivity contribution in [2.45, 2.75) is 31.5 Å². The smallest absolute Gasteiger partial charge is 0.326 e.